The molecule has 6 nitrogen and oxygen atoms in total. The maximum absolute atomic E-state index is 12.6. The number of carbonyl (C=O) groups is 2. The number of nitrogens with zero attached hydrogens (tertiary/aromatic N) is 2. The first-order valence-electron chi connectivity index (χ1n) is 7.67. The summed E-state index contributed by atoms with van der Waals surface area (Å²) in [7, 11) is 0. The zero-order valence-electron chi connectivity index (χ0n) is 13.5. The normalized spacial score (nSPS) is 10.9. The fraction of sp³-hybridized carbons (Fsp3) is 0. The SMILES string of the molecule is O=C(Nc1csc(-c2ccc(Cl)cc2)c1C(=O)O)c1ccc2nnsc2c1. The number of aromatic nitrogens is 2. The Morgan fingerprint density at radius 3 is 2.63 bits per heavy atom. The standard InChI is InChI=1S/C18H10ClN3O3S2/c19-11-4-1-9(2-5-11)16-15(18(24)25)13(8-26-16)20-17(23)10-3-6-12-14(7-10)27-22-21-12/h1-8H,(H,20,23)(H,24,25). The van der Waals surface area contributed by atoms with E-state index in [2.05, 4.69) is 14.9 Å². The topological polar surface area (TPSA) is 92.2 Å². The molecule has 0 radical (unpaired) electrons. The lowest BCUT2D eigenvalue weighted by atomic mass is 10.1. The minimum atomic E-state index is -1.11. The van der Waals surface area contributed by atoms with Crippen LogP contribution in [0.15, 0.2) is 47.8 Å². The number of nitrogens with one attached hydrogen (secondary N) is 1. The van der Waals surface area contributed by atoms with Gasteiger partial charge in [-0.05, 0) is 47.4 Å². The molecule has 0 saturated carbocycles. The quantitative estimate of drug-likeness (QED) is 0.488. The zero-order chi connectivity index (χ0) is 19.0. The number of rotatable bonds is 4. The van der Waals surface area contributed by atoms with Crippen molar-refractivity contribution >= 4 is 62.3 Å². The molecule has 4 rings (SSSR count). The third-order valence-electron chi connectivity index (χ3n) is 3.87. The predicted octanol–water partition coefficient (Wildman–Crippen LogP) is 5.02. The molecule has 27 heavy (non-hydrogen) atoms. The van der Waals surface area contributed by atoms with Crippen molar-refractivity contribution in [2.45, 2.75) is 0 Å². The molecule has 2 aromatic heterocycles. The Hall–Kier alpha value is -2.81. The van der Waals surface area contributed by atoms with Crippen LogP contribution in [0.4, 0.5) is 5.69 Å². The van der Waals surface area contributed by atoms with Crippen molar-refractivity contribution in [2.24, 2.45) is 0 Å². The van der Waals surface area contributed by atoms with E-state index >= 15 is 0 Å². The van der Waals surface area contributed by atoms with Gasteiger partial charge in [-0.3, -0.25) is 4.79 Å². The molecular formula is C18H10ClN3O3S2. The summed E-state index contributed by atoms with van der Waals surface area (Å²) in [5.41, 5.74) is 2.15. The molecule has 134 valence electrons. The summed E-state index contributed by atoms with van der Waals surface area (Å²) in [4.78, 5) is 25.0. The van der Waals surface area contributed by atoms with Gasteiger partial charge in [0.05, 0.1) is 15.3 Å². The second-order valence-corrected chi connectivity index (χ2v) is 7.68. The molecular weight excluding hydrogens is 406 g/mol. The molecule has 0 aliphatic carbocycles. The van der Waals surface area contributed by atoms with Crippen molar-refractivity contribution in [3.05, 3.63) is 64.0 Å². The number of hydrogen-bond donors (Lipinski definition) is 2. The number of anilines is 1. The van der Waals surface area contributed by atoms with Gasteiger partial charge >= 0.3 is 5.97 Å². The summed E-state index contributed by atoms with van der Waals surface area (Å²) in [6.07, 6.45) is 0. The van der Waals surface area contributed by atoms with Crippen LogP contribution in [0.25, 0.3) is 20.7 Å². The molecule has 0 atom stereocenters. The van der Waals surface area contributed by atoms with Crippen LogP contribution in [0.1, 0.15) is 20.7 Å². The van der Waals surface area contributed by atoms with Crippen LogP contribution < -0.4 is 5.32 Å². The van der Waals surface area contributed by atoms with Crippen LogP contribution in [0.2, 0.25) is 5.02 Å². The highest BCUT2D eigenvalue weighted by Gasteiger charge is 2.21. The van der Waals surface area contributed by atoms with Crippen LogP contribution >= 0.6 is 34.5 Å². The van der Waals surface area contributed by atoms with Gasteiger partial charge < -0.3 is 10.4 Å². The minimum Gasteiger partial charge on any atom is -0.478 e. The van der Waals surface area contributed by atoms with Gasteiger partial charge in [0.2, 0.25) is 0 Å². The van der Waals surface area contributed by atoms with Gasteiger partial charge in [0, 0.05) is 16.0 Å². The van der Waals surface area contributed by atoms with Gasteiger partial charge in [0.1, 0.15) is 11.1 Å². The Kier molecular flexibility index (Phi) is 4.61. The van der Waals surface area contributed by atoms with E-state index in [4.69, 9.17) is 11.6 Å². The number of benzene rings is 2. The van der Waals surface area contributed by atoms with Crippen LogP contribution in [0.5, 0.6) is 0 Å². The first kappa shape index (κ1) is 17.6. The van der Waals surface area contributed by atoms with Gasteiger partial charge in [-0.25, -0.2) is 4.79 Å². The molecule has 9 heteroatoms. The van der Waals surface area contributed by atoms with E-state index < -0.39 is 11.9 Å². The van der Waals surface area contributed by atoms with Crippen LogP contribution in [0, 0.1) is 0 Å². The third-order valence-corrected chi connectivity index (χ3v) is 5.84. The second kappa shape index (κ2) is 7.07. The average Bonchev–Trinajstić information content (AvgIpc) is 3.28. The number of thiophene rings is 1. The molecule has 4 aromatic rings. The maximum atomic E-state index is 12.6. The summed E-state index contributed by atoms with van der Waals surface area (Å²) < 4.78 is 4.63. The smallest absolute Gasteiger partial charge is 0.339 e. The van der Waals surface area contributed by atoms with E-state index in [0.29, 0.717) is 21.0 Å². The number of amides is 1. The van der Waals surface area contributed by atoms with Crippen molar-refractivity contribution in [1.29, 1.82) is 0 Å². The van der Waals surface area contributed by atoms with Crippen molar-refractivity contribution in [3.63, 3.8) is 0 Å². The third kappa shape index (κ3) is 3.42. The maximum Gasteiger partial charge on any atom is 0.339 e. The first-order valence-corrected chi connectivity index (χ1v) is 9.70. The van der Waals surface area contributed by atoms with Gasteiger partial charge in [-0.1, -0.05) is 28.2 Å². The number of aromatic carboxylic acids is 1. The predicted molar refractivity (Wildman–Crippen MR) is 107 cm³/mol. The van der Waals surface area contributed by atoms with Gasteiger partial charge in [0.15, 0.2) is 0 Å². The van der Waals surface area contributed by atoms with Crippen molar-refractivity contribution < 1.29 is 14.7 Å². The number of halogens is 1. The Labute approximate surface area is 166 Å². The Morgan fingerprint density at radius 2 is 1.89 bits per heavy atom. The highest BCUT2D eigenvalue weighted by Crippen LogP contribution is 2.36. The Balaban J connectivity index is 1.68. The van der Waals surface area contributed by atoms with E-state index in [9.17, 15) is 14.7 Å². The molecule has 2 heterocycles. The summed E-state index contributed by atoms with van der Waals surface area (Å²) in [5.74, 6) is -1.51. The van der Waals surface area contributed by atoms with Crippen molar-refractivity contribution in [3.8, 4) is 10.4 Å². The highest BCUT2D eigenvalue weighted by atomic mass is 35.5. The fourth-order valence-corrected chi connectivity index (χ4v) is 4.31. The van der Waals surface area contributed by atoms with Crippen LogP contribution in [-0.4, -0.2) is 26.6 Å². The van der Waals surface area contributed by atoms with Gasteiger partial charge in [0.25, 0.3) is 5.91 Å². The van der Waals surface area contributed by atoms with E-state index in [1.807, 2.05) is 0 Å². The number of fused-ring (bicyclic) bond motifs is 1. The molecule has 0 fully saturated rings. The monoisotopic (exact) mass is 415 g/mol. The van der Waals surface area contributed by atoms with Crippen LogP contribution in [-0.2, 0) is 0 Å². The first-order chi connectivity index (χ1) is 13.0. The molecule has 0 aliphatic rings. The second-order valence-electron chi connectivity index (χ2n) is 5.58. The molecule has 0 aliphatic heterocycles. The lowest BCUT2D eigenvalue weighted by molar-refractivity contribution is 0.0699. The van der Waals surface area contributed by atoms with E-state index in [1.54, 1.807) is 47.8 Å². The summed E-state index contributed by atoms with van der Waals surface area (Å²) >= 11 is 8.34. The van der Waals surface area contributed by atoms with E-state index in [0.717, 1.165) is 10.3 Å². The largest absolute Gasteiger partial charge is 0.478 e. The average molecular weight is 416 g/mol. The summed E-state index contributed by atoms with van der Waals surface area (Å²) in [5, 5.41) is 18.5. The molecule has 1 amide bonds. The Bertz CT molecular complexity index is 1170. The molecule has 2 N–H and O–H groups in total. The Morgan fingerprint density at radius 1 is 1.11 bits per heavy atom. The number of hydrogen-bond acceptors (Lipinski definition) is 6. The van der Waals surface area contributed by atoms with Gasteiger partial charge in [-0.15, -0.1) is 16.4 Å². The molecule has 2 aromatic carbocycles. The van der Waals surface area contributed by atoms with E-state index in [-0.39, 0.29) is 11.3 Å². The fourth-order valence-electron chi connectivity index (χ4n) is 2.59. The number of carboxylic acids is 1. The lowest BCUT2D eigenvalue weighted by Crippen LogP contribution is -2.13. The van der Waals surface area contributed by atoms with Crippen LogP contribution in [0.3, 0.4) is 0 Å². The van der Waals surface area contributed by atoms with E-state index in [1.165, 1.54) is 22.9 Å². The lowest BCUT2D eigenvalue weighted by Gasteiger charge is -2.06. The molecule has 0 saturated heterocycles. The molecule has 0 spiro atoms. The molecule has 0 unspecified atom stereocenters. The minimum absolute atomic E-state index is 0.0520. The van der Waals surface area contributed by atoms with Crippen molar-refractivity contribution in [1.82, 2.24) is 9.59 Å². The summed E-state index contributed by atoms with van der Waals surface area (Å²) in [6, 6.07) is 11.9. The molecule has 0 bridgehead atoms. The summed E-state index contributed by atoms with van der Waals surface area (Å²) in [6.45, 7) is 0. The highest BCUT2D eigenvalue weighted by molar-refractivity contribution is 7.14. The number of carbonyl (C=O) groups excluding carboxylic acids is 1. The van der Waals surface area contributed by atoms with Crippen molar-refractivity contribution in [2.75, 3.05) is 5.32 Å². The zero-order valence-corrected chi connectivity index (χ0v) is 15.9. The van der Waals surface area contributed by atoms with Gasteiger partial charge in [-0.2, -0.15) is 0 Å². The number of carboxylic acid groups (broad SMARTS) is 1.